The summed E-state index contributed by atoms with van der Waals surface area (Å²) >= 11 is 0. The van der Waals surface area contributed by atoms with E-state index in [2.05, 4.69) is 0 Å². The van der Waals surface area contributed by atoms with E-state index in [4.69, 9.17) is 15.2 Å². The van der Waals surface area contributed by atoms with Gasteiger partial charge in [0.15, 0.2) is 6.29 Å². The van der Waals surface area contributed by atoms with E-state index >= 15 is 0 Å². The van der Waals surface area contributed by atoms with Crippen molar-refractivity contribution in [2.75, 3.05) is 20.8 Å². The molecule has 0 radical (unpaired) electrons. The average molecular weight is 217 g/mol. The number of ether oxygens (including phenoxy) is 2. The molecule has 1 aliphatic rings. The van der Waals surface area contributed by atoms with Crippen LogP contribution in [0.25, 0.3) is 0 Å². The summed E-state index contributed by atoms with van der Waals surface area (Å²) in [4.78, 5) is 0. The first-order valence-electron chi connectivity index (χ1n) is 5.49. The van der Waals surface area contributed by atoms with Gasteiger partial charge in [0.2, 0.25) is 0 Å². The molecule has 4 nitrogen and oxygen atoms in total. The number of rotatable bonds is 6. The first kappa shape index (κ1) is 12.9. The number of methoxy groups -OCH3 is 2. The first-order chi connectivity index (χ1) is 7.01. The molecule has 1 fully saturated rings. The zero-order valence-corrected chi connectivity index (χ0v) is 9.95. The Bertz CT molecular complexity index is 192. The van der Waals surface area contributed by atoms with E-state index in [9.17, 15) is 5.11 Å². The maximum absolute atomic E-state index is 10.5. The average Bonchev–Trinajstić information content (AvgIpc) is 2.12. The summed E-state index contributed by atoms with van der Waals surface area (Å²) in [7, 11) is 3.17. The molecular formula is C11H23NO3. The summed E-state index contributed by atoms with van der Waals surface area (Å²) in [5, 5.41) is 10.5. The third-order valence-corrected chi connectivity index (χ3v) is 3.93. The standard InChI is InChI=1S/C11H23NO3/c1-10(13,7-9(14-2)15-3)11(8-12)5-4-6-11/h9,13H,4-8,12H2,1-3H3. The Balaban J connectivity index is 2.64. The van der Waals surface area contributed by atoms with Gasteiger partial charge in [-0.1, -0.05) is 6.42 Å². The van der Waals surface area contributed by atoms with Crippen molar-refractivity contribution < 1.29 is 14.6 Å². The molecule has 1 saturated carbocycles. The van der Waals surface area contributed by atoms with Gasteiger partial charge < -0.3 is 20.3 Å². The normalized spacial score (nSPS) is 23.6. The Labute approximate surface area is 91.7 Å². The molecule has 1 rings (SSSR count). The van der Waals surface area contributed by atoms with E-state index in [1.165, 1.54) is 0 Å². The van der Waals surface area contributed by atoms with Crippen molar-refractivity contribution >= 4 is 0 Å². The van der Waals surface area contributed by atoms with E-state index in [-0.39, 0.29) is 11.7 Å². The summed E-state index contributed by atoms with van der Waals surface area (Å²) in [5.41, 5.74) is 4.83. The van der Waals surface area contributed by atoms with E-state index in [0.717, 1.165) is 19.3 Å². The highest BCUT2D eigenvalue weighted by Crippen LogP contribution is 2.50. The summed E-state index contributed by atoms with van der Waals surface area (Å²) < 4.78 is 10.2. The molecule has 0 aromatic rings. The zero-order valence-electron chi connectivity index (χ0n) is 9.95. The quantitative estimate of drug-likeness (QED) is 0.648. The third kappa shape index (κ3) is 2.33. The molecular weight excluding hydrogens is 194 g/mol. The zero-order chi connectivity index (χ0) is 11.5. The highest BCUT2D eigenvalue weighted by atomic mass is 16.7. The largest absolute Gasteiger partial charge is 0.389 e. The highest BCUT2D eigenvalue weighted by Gasteiger charge is 2.51. The number of nitrogens with two attached hydrogens (primary N) is 1. The monoisotopic (exact) mass is 217 g/mol. The van der Waals surface area contributed by atoms with Gasteiger partial charge in [-0.3, -0.25) is 0 Å². The molecule has 0 bridgehead atoms. The summed E-state index contributed by atoms with van der Waals surface area (Å²) in [6.45, 7) is 2.37. The molecule has 15 heavy (non-hydrogen) atoms. The predicted octanol–water partition coefficient (Wildman–Crippen LogP) is 0.875. The second-order valence-electron chi connectivity index (χ2n) is 4.72. The second-order valence-corrected chi connectivity index (χ2v) is 4.72. The van der Waals surface area contributed by atoms with Crippen LogP contribution in [0.4, 0.5) is 0 Å². The van der Waals surface area contributed by atoms with Crippen LogP contribution in [0.15, 0.2) is 0 Å². The van der Waals surface area contributed by atoms with Gasteiger partial charge in [-0.2, -0.15) is 0 Å². The molecule has 1 unspecified atom stereocenters. The second kappa shape index (κ2) is 4.78. The van der Waals surface area contributed by atoms with Crippen LogP contribution >= 0.6 is 0 Å². The Morgan fingerprint density at radius 2 is 1.93 bits per heavy atom. The molecule has 90 valence electrons. The molecule has 0 aliphatic heterocycles. The Kier molecular flexibility index (Phi) is 4.12. The molecule has 3 N–H and O–H groups in total. The molecule has 0 aromatic heterocycles. The SMILES string of the molecule is COC(CC(C)(O)C1(CN)CCC1)OC. The number of hydrogen-bond donors (Lipinski definition) is 2. The minimum atomic E-state index is -0.809. The van der Waals surface area contributed by atoms with Crippen molar-refractivity contribution in [1.29, 1.82) is 0 Å². The molecule has 0 saturated heterocycles. The van der Waals surface area contributed by atoms with Crippen LogP contribution in [-0.4, -0.2) is 37.8 Å². The van der Waals surface area contributed by atoms with E-state index < -0.39 is 5.60 Å². The van der Waals surface area contributed by atoms with Gasteiger partial charge in [-0.05, 0) is 19.8 Å². The molecule has 0 aromatic carbocycles. The summed E-state index contributed by atoms with van der Waals surface area (Å²) in [5.74, 6) is 0. The van der Waals surface area contributed by atoms with E-state index in [1.54, 1.807) is 14.2 Å². The van der Waals surface area contributed by atoms with Crippen LogP contribution in [0.3, 0.4) is 0 Å². The fraction of sp³-hybridized carbons (Fsp3) is 1.00. The fourth-order valence-electron chi connectivity index (χ4n) is 2.37. The molecule has 4 heteroatoms. The van der Waals surface area contributed by atoms with Gasteiger partial charge in [-0.25, -0.2) is 0 Å². The highest BCUT2D eigenvalue weighted by molar-refractivity contribution is 5.02. The first-order valence-corrected chi connectivity index (χ1v) is 5.49. The van der Waals surface area contributed by atoms with Gasteiger partial charge in [-0.15, -0.1) is 0 Å². The van der Waals surface area contributed by atoms with Gasteiger partial charge in [0.25, 0.3) is 0 Å². The smallest absolute Gasteiger partial charge is 0.159 e. The number of aliphatic hydroxyl groups is 1. The van der Waals surface area contributed by atoms with Crippen LogP contribution in [0.5, 0.6) is 0 Å². The summed E-state index contributed by atoms with van der Waals surface area (Å²) in [6.07, 6.45) is 3.26. The van der Waals surface area contributed by atoms with Crippen molar-refractivity contribution in [2.45, 2.75) is 44.5 Å². The van der Waals surface area contributed by atoms with Crippen molar-refractivity contribution in [3.63, 3.8) is 0 Å². The van der Waals surface area contributed by atoms with Gasteiger partial charge in [0.05, 0.1) is 5.60 Å². The molecule has 1 aliphatic carbocycles. The third-order valence-electron chi connectivity index (χ3n) is 3.93. The lowest BCUT2D eigenvalue weighted by molar-refractivity contribution is -0.185. The lowest BCUT2D eigenvalue weighted by atomic mass is 9.58. The number of hydrogen-bond acceptors (Lipinski definition) is 4. The maximum Gasteiger partial charge on any atom is 0.159 e. The topological polar surface area (TPSA) is 64.7 Å². The van der Waals surface area contributed by atoms with Crippen molar-refractivity contribution in [2.24, 2.45) is 11.1 Å². The maximum atomic E-state index is 10.5. The lowest BCUT2D eigenvalue weighted by Gasteiger charge is -2.52. The van der Waals surface area contributed by atoms with Crippen molar-refractivity contribution in [1.82, 2.24) is 0 Å². The molecule has 1 atom stereocenters. The van der Waals surface area contributed by atoms with E-state index in [0.29, 0.717) is 13.0 Å². The van der Waals surface area contributed by atoms with Crippen LogP contribution in [-0.2, 0) is 9.47 Å². The Morgan fingerprint density at radius 1 is 1.40 bits per heavy atom. The van der Waals surface area contributed by atoms with Gasteiger partial charge in [0, 0.05) is 32.6 Å². The van der Waals surface area contributed by atoms with Crippen LogP contribution in [0.2, 0.25) is 0 Å². The van der Waals surface area contributed by atoms with Crippen LogP contribution < -0.4 is 5.73 Å². The fourth-order valence-corrected chi connectivity index (χ4v) is 2.37. The van der Waals surface area contributed by atoms with Crippen molar-refractivity contribution in [3.05, 3.63) is 0 Å². The minimum Gasteiger partial charge on any atom is -0.389 e. The van der Waals surface area contributed by atoms with Gasteiger partial charge >= 0.3 is 0 Å². The molecule has 0 amide bonds. The summed E-state index contributed by atoms with van der Waals surface area (Å²) in [6, 6.07) is 0. The van der Waals surface area contributed by atoms with E-state index in [1.807, 2.05) is 6.92 Å². The predicted molar refractivity (Wildman–Crippen MR) is 58.4 cm³/mol. The van der Waals surface area contributed by atoms with Crippen molar-refractivity contribution in [3.8, 4) is 0 Å². The molecule has 0 heterocycles. The Hall–Kier alpha value is -0.160. The Morgan fingerprint density at radius 3 is 2.20 bits per heavy atom. The molecule has 0 spiro atoms. The minimum absolute atomic E-state index is 0.137. The van der Waals surface area contributed by atoms with Gasteiger partial charge in [0.1, 0.15) is 0 Å². The van der Waals surface area contributed by atoms with Crippen LogP contribution in [0, 0.1) is 5.41 Å². The lowest BCUT2D eigenvalue weighted by Crippen LogP contribution is -2.56. The van der Waals surface area contributed by atoms with Crippen LogP contribution in [0.1, 0.15) is 32.6 Å².